The number of aromatic hydroxyl groups is 1. The van der Waals surface area contributed by atoms with E-state index in [1.807, 2.05) is 27.7 Å². The lowest BCUT2D eigenvalue weighted by atomic mass is 10.1. The topological polar surface area (TPSA) is 70.1 Å². The van der Waals surface area contributed by atoms with Crippen molar-refractivity contribution in [2.45, 2.75) is 46.3 Å². The number of hydrogen-bond donors (Lipinski definition) is 1. The third kappa shape index (κ3) is 3.99. The Hall–Kier alpha value is -2.24. The largest absolute Gasteiger partial charge is 0.508 e. The predicted octanol–water partition coefficient (Wildman–Crippen LogP) is 2.78. The van der Waals surface area contributed by atoms with Crippen molar-refractivity contribution >= 4 is 12.0 Å². The van der Waals surface area contributed by atoms with E-state index in [4.69, 9.17) is 4.74 Å². The number of piperazine rings is 1. The maximum absolute atomic E-state index is 12.7. The lowest BCUT2D eigenvalue weighted by Gasteiger charge is -2.40. The monoisotopic (exact) mass is 334 g/mol. The third-order valence-electron chi connectivity index (χ3n) is 4.08. The Kier molecular flexibility index (Phi) is 5.06. The number of phenols is 1. The number of rotatable bonds is 1. The van der Waals surface area contributed by atoms with Crippen molar-refractivity contribution in [2.24, 2.45) is 0 Å². The van der Waals surface area contributed by atoms with Crippen molar-refractivity contribution in [3.63, 3.8) is 0 Å². The lowest BCUT2D eigenvalue weighted by Crippen LogP contribution is -2.56. The van der Waals surface area contributed by atoms with Gasteiger partial charge in [-0.3, -0.25) is 4.79 Å². The van der Waals surface area contributed by atoms with E-state index >= 15 is 0 Å². The highest BCUT2D eigenvalue weighted by molar-refractivity contribution is 5.96. The zero-order valence-electron chi connectivity index (χ0n) is 15.0. The Bertz CT molecular complexity index is 636. The highest BCUT2D eigenvalue weighted by atomic mass is 16.6. The summed E-state index contributed by atoms with van der Waals surface area (Å²) in [5.74, 6) is -0.0135. The molecule has 1 N–H and O–H groups in total. The quantitative estimate of drug-likeness (QED) is 0.857. The summed E-state index contributed by atoms with van der Waals surface area (Å²) in [6.07, 6.45) is -0.351. The van der Waals surface area contributed by atoms with Gasteiger partial charge in [-0.25, -0.2) is 4.79 Å². The van der Waals surface area contributed by atoms with E-state index in [9.17, 15) is 14.7 Å². The first-order chi connectivity index (χ1) is 11.1. The second kappa shape index (κ2) is 6.71. The van der Waals surface area contributed by atoms with Crippen LogP contribution in [0.5, 0.6) is 5.75 Å². The smallest absolute Gasteiger partial charge is 0.410 e. The summed E-state index contributed by atoms with van der Waals surface area (Å²) in [5.41, 5.74) is 0.528. The van der Waals surface area contributed by atoms with E-state index in [2.05, 4.69) is 0 Å². The van der Waals surface area contributed by atoms with Gasteiger partial charge in [0.2, 0.25) is 0 Å². The highest BCUT2D eigenvalue weighted by Gasteiger charge is 2.33. The molecule has 24 heavy (non-hydrogen) atoms. The molecule has 1 heterocycles. The van der Waals surface area contributed by atoms with Crippen LogP contribution in [-0.2, 0) is 4.74 Å². The van der Waals surface area contributed by atoms with Crippen LogP contribution in [0.25, 0.3) is 0 Å². The summed E-state index contributed by atoms with van der Waals surface area (Å²) >= 11 is 0. The van der Waals surface area contributed by atoms with Crippen LogP contribution in [0.4, 0.5) is 4.79 Å². The Morgan fingerprint density at radius 1 is 1.25 bits per heavy atom. The number of carbonyl (C=O) groups excluding carboxylic acids is 2. The van der Waals surface area contributed by atoms with Crippen molar-refractivity contribution in [1.82, 2.24) is 9.80 Å². The maximum Gasteiger partial charge on any atom is 0.410 e. The average molecular weight is 334 g/mol. The SMILES string of the molecule is Cc1c(O)cccc1C(=O)N1CCN(C(=O)OC(C)(C)C)[C@H](C)C1. The molecule has 1 saturated heterocycles. The van der Waals surface area contributed by atoms with E-state index in [0.717, 1.165) is 0 Å². The molecule has 0 aliphatic carbocycles. The number of nitrogens with zero attached hydrogens (tertiary/aromatic N) is 2. The van der Waals surface area contributed by atoms with Crippen molar-refractivity contribution in [1.29, 1.82) is 0 Å². The molecular formula is C18H26N2O4. The van der Waals surface area contributed by atoms with Crippen LogP contribution in [0.15, 0.2) is 18.2 Å². The molecule has 0 spiro atoms. The van der Waals surface area contributed by atoms with Gasteiger partial charge in [-0.05, 0) is 46.8 Å². The highest BCUT2D eigenvalue weighted by Crippen LogP contribution is 2.23. The lowest BCUT2D eigenvalue weighted by molar-refractivity contribution is 0.00197. The number of amides is 2. The number of carbonyl (C=O) groups is 2. The Balaban J connectivity index is 2.06. The third-order valence-corrected chi connectivity index (χ3v) is 4.08. The van der Waals surface area contributed by atoms with Crippen LogP contribution in [0, 0.1) is 6.92 Å². The molecule has 2 amide bonds. The van der Waals surface area contributed by atoms with E-state index < -0.39 is 5.60 Å². The van der Waals surface area contributed by atoms with Crippen molar-refractivity contribution in [2.75, 3.05) is 19.6 Å². The minimum Gasteiger partial charge on any atom is -0.508 e. The molecule has 1 aliphatic heterocycles. The molecule has 132 valence electrons. The Labute approximate surface area is 143 Å². The zero-order valence-corrected chi connectivity index (χ0v) is 15.0. The zero-order chi connectivity index (χ0) is 18.1. The van der Waals surface area contributed by atoms with Gasteiger partial charge in [-0.1, -0.05) is 6.07 Å². The molecule has 1 aromatic rings. The number of ether oxygens (including phenoxy) is 1. The van der Waals surface area contributed by atoms with Gasteiger partial charge in [0.15, 0.2) is 0 Å². The summed E-state index contributed by atoms with van der Waals surface area (Å²) in [4.78, 5) is 28.3. The van der Waals surface area contributed by atoms with Gasteiger partial charge in [0.1, 0.15) is 11.4 Å². The van der Waals surface area contributed by atoms with Crippen LogP contribution in [0.1, 0.15) is 43.6 Å². The van der Waals surface area contributed by atoms with Crippen LogP contribution in [-0.4, -0.2) is 58.2 Å². The summed E-state index contributed by atoms with van der Waals surface area (Å²) in [6, 6.07) is 4.81. The second-order valence-electron chi connectivity index (χ2n) is 7.22. The van der Waals surface area contributed by atoms with Gasteiger partial charge in [0.25, 0.3) is 5.91 Å². The van der Waals surface area contributed by atoms with Crippen molar-refractivity contribution in [3.05, 3.63) is 29.3 Å². The molecule has 1 fully saturated rings. The Morgan fingerprint density at radius 3 is 2.50 bits per heavy atom. The summed E-state index contributed by atoms with van der Waals surface area (Å²) < 4.78 is 5.41. The standard InChI is InChI=1S/C18H26N2O4/c1-12-11-19(9-10-20(12)17(23)24-18(3,4)5)16(22)14-7-6-8-15(21)13(14)2/h6-8,12,21H,9-11H2,1-5H3/t12-/m1/s1. The molecule has 1 aromatic carbocycles. The summed E-state index contributed by atoms with van der Waals surface area (Å²) in [7, 11) is 0. The van der Waals surface area contributed by atoms with Gasteiger partial charge in [0.05, 0.1) is 0 Å². The average Bonchev–Trinajstić information content (AvgIpc) is 2.47. The van der Waals surface area contributed by atoms with E-state index in [0.29, 0.717) is 30.8 Å². The van der Waals surface area contributed by atoms with Crippen LogP contribution < -0.4 is 0 Å². The fourth-order valence-electron chi connectivity index (χ4n) is 2.76. The summed E-state index contributed by atoms with van der Waals surface area (Å²) in [6.45, 7) is 10.4. The molecule has 1 aliphatic rings. The molecule has 6 heteroatoms. The minimum absolute atomic E-state index is 0.112. The van der Waals surface area contributed by atoms with E-state index in [1.165, 1.54) is 0 Å². The van der Waals surface area contributed by atoms with Gasteiger partial charge in [-0.15, -0.1) is 0 Å². The molecule has 0 saturated carbocycles. The van der Waals surface area contributed by atoms with Gasteiger partial charge in [-0.2, -0.15) is 0 Å². The van der Waals surface area contributed by atoms with E-state index in [-0.39, 0.29) is 23.8 Å². The molecule has 0 unspecified atom stereocenters. The normalized spacial score (nSPS) is 18.5. The summed E-state index contributed by atoms with van der Waals surface area (Å²) in [5, 5.41) is 9.78. The minimum atomic E-state index is -0.539. The van der Waals surface area contributed by atoms with Crippen LogP contribution in [0.2, 0.25) is 0 Å². The predicted molar refractivity (Wildman–Crippen MR) is 91.1 cm³/mol. The Morgan fingerprint density at radius 2 is 1.92 bits per heavy atom. The molecule has 0 aromatic heterocycles. The number of phenolic OH excluding ortho intramolecular Hbond substituents is 1. The van der Waals surface area contributed by atoms with Gasteiger partial charge >= 0.3 is 6.09 Å². The molecule has 1 atom stereocenters. The maximum atomic E-state index is 12.7. The molecule has 0 radical (unpaired) electrons. The van der Waals surface area contributed by atoms with Crippen LogP contribution >= 0.6 is 0 Å². The van der Waals surface area contributed by atoms with Gasteiger partial charge in [0, 0.05) is 36.8 Å². The molecular weight excluding hydrogens is 308 g/mol. The van der Waals surface area contributed by atoms with Crippen molar-refractivity contribution in [3.8, 4) is 5.75 Å². The van der Waals surface area contributed by atoms with Gasteiger partial charge < -0.3 is 19.6 Å². The second-order valence-corrected chi connectivity index (χ2v) is 7.22. The molecule has 6 nitrogen and oxygen atoms in total. The first kappa shape index (κ1) is 18.1. The first-order valence-corrected chi connectivity index (χ1v) is 8.17. The first-order valence-electron chi connectivity index (χ1n) is 8.17. The molecule has 0 bridgehead atoms. The van der Waals surface area contributed by atoms with E-state index in [1.54, 1.807) is 34.9 Å². The van der Waals surface area contributed by atoms with Crippen molar-refractivity contribution < 1.29 is 19.4 Å². The molecule has 2 rings (SSSR count). The number of hydrogen-bond acceptors (Lipinski definition) is 4. The van der Waals surface area contributed by atoms with Crippen LogP contribution in [0.3, 0.4) is 0 Å². The fourth-order valence-corrected chi connectivity index (χ4v) is 2.76. The number of benzene rings is 1. The fraction of sp³-hybridized carbons (Fsp3) is 0.556.